The SMILES string of the molecule is Cc1ccccc1OCc1nn(CC(=O)Nc2ccc(Cl)c(Cl)c2)c(=S)o1. The first-order chi connectivity index (χ1) is 12.9. The molecule has 0 unspecified atom stereocenters. The minimum atomic E-state index is -0.329. The lowest BCUT2D eigenvalue weighted by molar-refractivity contribution is -0.117. The summed E-state index contributed by atoms with van der Waals surface area (Å²) in [5, 5.41) is 7.64. The van der Waals surface area contributed by atoms with Crippen LogP contribution in [0.15, 0.2) is 46.9 Å². The molecule has 0 aliphatic rings. The number of nitrogens with zero attached hydrogens (tertiary/aromatic N) is 2. The van der Waals surface area contributed by atoms with Crippen molar-refractivity contribution in [2.45, 2.75) is 20.1 Å². The average Bonchev–Trinajstić information content (AvgIpc) is 2.97. The van der Waals surface area contributed by atoms with Gasteiger partial charge in [0.25, 0.3) is 10.7 Å². The van der Waals surface area contributed by atoms with Crippen molar-refractivity contribution in [1.82, 2.24) is 9.78 Å². The van der Waals surface area contributed by atoms with E-state index in [0.29, 0.717) is 15.7 Å². The monoisotopic (exact) mass is 423 g/mol. The molecule has 0 saturated heterocycles. The van der Waals surface area contributed by atoms with Crippen LogP contribution < -0.4 is 10.1 Å². The Kier molecular flexibility index (Phi) is 6.15. The fourth-order valence-electron chi connectivity index (χ4n) is 2.28. The van der Waals surface area contributed by atoms with E-state index in [9.17, 15) is 4.79 Å². The van der Waals surface area contributed by atoms with Crippen molar-refractivity contribution in [1.29, 1.82) is 0 Å². The zero-order chi connectivity index (χ0) is 19.4. The number of amides is 1. The number of ether oxygens (including phenoxy) is 1. The molecule has 0 radical (unpaired) electrons. The Bertz CT molecular complexity index is 1030. The number of anilines is 1. The molecular formula is C18H15Cl2N3O3S. The van der Waals surface area contributed by atoms with Crippen LogP contribution in [0.25, 0.3) is 0 Å². The molecule has 1 aromatic heterocycles. The first kappa shape index (κ1) is 19.4. The Balaban J connectivity index is 1.62. The molecule has 0 atom stereocenters. The van der Waals surface area contributed by atoms with E-state index in [-0.39, 0.29) is 29.8 Å². The topological polar surface area (TPSA) is 69.3 Å². The van der Waals surface area contributed by atoms with Crippen molar-refractivity contribution in [3.05, 3.63) is 68.8 Å². The molecule has 0 aliphatic heterocycles. The minimum absolute atomic E-state index is 0.0858. The number of aryl methyl sites for hydroxylation is 1. The largest absolute Gasteiger partial charge is 0.484 e. The maximum absolute atomic E-state index is 12.2. The van der Waals surface area contributed by atoms with Crippen molar-refractivity contribution in [3.8, 4) is 5.75 Å². The molecule has 3 rings (SSSR count). The second kappa shape index (κ2) is 8.56. The van der Waals surface area contributed by atoms with Gasteiger partial charge in [0, 0.05) is 5.69 Å². The van der Waals surface area contributed by atoms with Crippen molar-refractivity contribution in [2.24, 2.45) is 0 Å². The van der Waals surface area contributed by atoms with Crippen LogP contribution in [-0.2, 0) is 17.9 Å². The summed E-state index contributed by atoms with van der Waals surface area (Å²) >= 11 is 16.9. The highest BCUT2D eigenvalue weighted by Crippen LogP contribution is 2.25. The first-order valence-electron chi connectivity index (χ1n) is 7.92. The molecule has 1 amide bonds. The minimum Gasteiger partial charge on any atom is -0.484 e. The molecule has 1 heterocycles. The van der Waals surface area contributed by atoms with Crippen LogP contribution in [-0.4, -0.2) is 15.7 Å². The van der Waals surface area contributed by atoms with Crippen LogP contribution in [0.5, 0.6) is 5.75 Å². The van der Waals surface area contributed by atoms with E-state index in [2.05, 4.69) is 10.4 Å². The predicted molar refractivity (Wildman–Crippen MR) is 106 cm³/mol. The van der Waals surface area contributed by atoms with Gasteiger partial charge in [-0.15, -0.1) is 5.10 Å². The lowest BCUT2D eigenvalue weighted by Gasteiger charge is -2.06. The van der Waals surface area contributed by atoms with Crippen molar-refractivity contribution in [2.75, 3.05) is 5.32 Å². The summed E-state index contributed by atoms with van der Waals surface area (Å²) < 4.78 is 12.3. The van der Waals surface area contributed by atoms with Crippen LogP contribution in [0.3, 0.4) is 0 Å². The molecule has 0 fully saturated rings. The van der Waals surface area contributed by atoms with E-state index < -0.39 is 0 Å². The number of nitrogens with one attached hydrogen (secondary N) is 1. The first-order valence-corrected chi connectivity index (χ1v) is 9.09. The molecule has 0 spiro atoms. The molecule has 0 saturated carbocycles. The lowest BCUT2D eigenvalue weighted by atomic mass is 10.2. The summed E-state index contributed by atoms with van der Waals surface area (Å²) in [6.07, 6.45) is 0. The lowest BCUT2D eigenvalue weighted by Crippen LogP contribution is -2.19. The molecule has 27 heavy (non-hydrogen) atoms. The van der Waals surface area contributed by atoms with Crippen LogP contribution in [0, 0.1) is 11.8 Å². The van der Waals surface area contributed by atoms with E-state index in [0.717, 1.165) is 11.3 Å². The van der Waals surface area contributed by atoms with E-state index in [4.69, 9.17) is 44.6 Å². The van der Waals surface area contributed by atoms with Gasteiger partial charge in [-0.05, 0) is 49.0 Å². The van der Waals surface area contributed by atoms with Crippen molar-refractivity contribution in [3.63, 3.8) is 0 Å². The van der Waals surface area contributed by atoms with Crippen LogP contribution in [0.1, 0.15) is 11.5 Å². The summed E-state index contributed by atoms with van der Waals surface area (Å²) in [4.78, 5) is 12.3. The highest BCUT2D eigenvalue weighted by Gasteiger charge is 2.11. The third-order valence-corrected chi connectivity index (χ3v) is 4.62. The number of rotatable bonds is 6. The molecule has 2 aromatic carbocycles. The quantitative estimate of drug-likeness (QED) is 0.562. The predicted octanol–water partition coefficient (Wildman–Crippen LogP) is 5.04. The molecule has 9 heteroatoms. The summed E-state index contributed by atoms with van der Waals surface area (Å²) in [5.74, 6) is 0.681. The van der Waals surface area contributed by atoms with Gasteiger partial charge in [-0.25, -0.2) is 4.68 Å². The number of hydrogen-bond donors (Lipinski definition) is 1. The van der Waals surface area contributed by atoms with Crippen LogP contribution >= 0.6 is 35.4 Å². The Morgan fingerprint density at radius 1 is 1.26 bits per heavy atom. The maximum Gasteiger partial charge on any atom is 0.287 e. The van der Waals surface area contributed by atoms with Crippen molar-refractivity contribution < 1.29 is 13.9 Å². The number of carbonyl (C=O) groups excluding carboxylic acids is 1. The molecule has 6 nitrogen and oxygen atoms in total. The standard InChI is InChI=1S/C18H15Cl2N3O3S/c1-11-4-2-3-5-15(11)25-10-17-22-23(18(27)26-17)9-16(24)21-12-6-7-13(19)14(20)8-12/h2-8H,9-10H2,1H3,(H,21,24). The maximum atomic E-state index is 12.2. The third kappa shape index (κ3) is 5.09. The molecular weight excluding hydrogens is 409 g/mol. The number of para-hydroxylation sites is 1. The fourth-order valence-corrected chi connectivity index (χ4v) is 2.78. The van der Waals surface area contributed by atoms with Gasteiger partial charge in [-0.3, -0.25) is 4.79 Å². The van der Waals surface area contributed by atoms with Gasteiger partial charge in [0.15, 0.2) is 6.61 Å². The zero-order valence-electron chi connectivity index (χ0n) is 14.2. The van der Waals surface area contributed by atoms with Crippen LogP contribution in [0.2, 0.25) is 10.0 Å². The van der Waals surface area contributed by atoms with Crippen LogP contribution in [0.4, 0.5) is 5.69 Å². The average molecular weight is 424 g/mol. The Morgan fingerprint density at radius 3 is 2.78 bits per heavy atom. The van der Waals surface area contributed by atoms with Gasteiger partial charge in [0.05, 0.1) is 10.0 Å². The van der Waals surface area contributed by atoms with Gasteiger partial charge < -0.3 is 14.5 Å². The molecule has 1 N–H and O–H groups in total. The second-order valence-corrected chi connectivity index (χ2v) is 6.81. The molecule has 0 aliphatic carbocycles. The van der Waals surface area contributed by atoms with E-state index >= 15 is 0 Å². The number of hydrogen-bond acceptors (Lipinski definition) is 5. The fraction of sp³-hybridized carbons (Fsp3) is 0.167. The number of aromatic nitrogens is 2. The number of carbonyl (C=O) groups is 1. The summed E-state index contributed by atoms with van der Waals surface area (Å²) in [6, 6.07) is 12.4. The molecule has 0 bridgehead atoms. The summed E-state index contributed by atoms with van der Waals surface area (Å²) in [5.41, 5.74) is 1.52. The van der Waals surface area contributed by atoms with Gasteiger partial charge >= 0.3 is 0 Å². The summed E-state index contributed by atoms with van der Waals surface area (Å²) in [7, 11) is 0. The second-order valence-electron chi connectivity index (χ2n) is 5.65. The molecule has 3 aromatic rings. The number of benzene rings is 2. The molecule has 140 valence electrons. The normalized spacial score (nSPS) is 10.6. The highest BCUT2D eigenvalue weighted by atomic mass is 35.5. The van der Waals surface area contributed by atoms with Gasteiger partial charge in [-0.2, -0.15) is 0 Å². The highest BCUT2D eigenvalue weighted by molar-refractivity contribution is 7.71. The zero-order valence-corrected chi connectivity index (χ0v) is 16.6. The smallest absolute Gasteiger partial charge is 0.287 e. The number of halogens is 2. The van der Waals surface area contributed by atoms with E-state index in [1.165, 1.54) is 4.68 Å². The Hall–Kier alpha value is -2.35. The van der Waals surface area contributed by atoms with Gasteiger partial charge in [0.1, 0.15) is 12.3 Å². The van der Waals surface area contributed by atoms with Gasteiger partial charge in [0.2, 0.25) is 5.91 Å². The Morgan fingerprint density at radius 2 is 2.04 bits per heavy atom. The summed E-state index contributed by atoms with van der Waals surface area (Å²) in [6.45, 7) is 1.94. The third-order valence-electron chi connectivity index (χ3n) is 3.59. The van der Waals surface area contributed by atoms with E-state index in [1.807, 2.05) is 31.2 Å². The van der Waals surface area contributed by atoms with Crippen molar-refractivity contribution >= 4 is 47.0 Å². The Labute approximate surface area is 170 Å². The van der Waals surface area contributed by atoms with E-state index in [1.54, 1.807) is 18.2 Å². The van der Waals surface area contributed by atoms with Gasteiger partial charge in [-0.1, -0.05) is 41.4 Å².